The molecule has 0 aromatic heterocycles. The number of hydrogen-bond acceptors (Lipinski definition) is 3. The quantitative estimate of drug-likeness (QED) is 0.653. The standard InChI is InChI=1S/C17H26N2O3/c1-3-5-6-7-12-22-15-10-8-14(9-11-15)17(21)19-13-16(20)18-4-2/h8-11H,3-7,12-13H2,1-2H3,(H,18,20)(H,19,21). The molecule has 0 aliphatic rings. The molecule has 2 N–H and O–H groups in total. The first-order valence-electron chi connectivity index (χ1n) is 7.95. The second-order valence-electron chi connectivity index (χ2n) is 5.07. The molecule has 5 heteroatoms. The van der Waals surface area contributed by atoms with Gasteiger partial charge in [0, 0.05) is 12.1 Å². The fourth-order valence-corrected chi connectivity index (χ4v) is 1.94. The van der Waals surface area contributed by atoms with Crippen LogP contribution in [0.2, 0.25) is 0 Å². The predicted molar refractivity (Wildman–Crippen MR) is 87.1 cm³/mol. The molecule has 1 aromatic rings. The molecule has 22 heavy (non-hydrogen) atoms. The summed E-state index contributed by atoms with van der Waals surface area (Å²) in [7, 11) is 0. The minimum absolute atomic E-state index is 0.0116. The lowest BCUT2D eigenvalue weighted by atomic mass is 10.2. The lowest BCUT2D eigenvalue weighted by molar-refractivity contribution is -0.120. The third-order valence-electron chi connectivity index (χ3n) is 3.17. The van der Waals surface area contributed by atoms with Gasteiger partial charge < -0.3 is 15.4 Å². The molecular weight excluding hydrogens is 280 g/mol. The minimum atomic E-state index is -0.263. The molecule has 122 valence electrons. The molecule has 0 fully saturated rings. The summed E-state index contributed by atoms with van der Waals surface area (Å²) < 4.78 is 5.62. The Morgan fingerprint density at radius 1 is 1.00 bits per heavy atom. The van der Waals surface area contributed by atoms with Gasteiger partial charge in [-0.1, -0.05) is 26.2 Å². The lowest BCUT2D eigenvalue weighted by Gasteiger charge is -2.08. The molecule has 2 amide bonds. The molecule has 0 heterocycles. The maximum atomic E-state index is 11.9. The van der Waals surface area contributed by atoms with Crippen LogP contribution in [0.4, 0.5) is 0 Å². The van der Waals surface area contributed by atoms with Crippen LogP contribution in [0, 0.1) is 0 Å². The Hall–Kier alpha value is -2.04. The van der Waals surface area contributed by atoms with E-state index in [1.165, 1.54) is 19.3 Å². The van der Waals surface area contributed by atoms with Gasteiger partial charge in [0.15, 0.2) is 0 Å². The Morgan fingerprint density at radius 3 is 2.36 bits per heavy atom. The molecule has 0 radical (unpaired) electrons. The number of rotatable bonds is 10. The third-order valence-corrected chi connectivity index (χ3v) is 3.17. The van der Waals surface area contributed by atoms with Gasteiger partial charge in [-0.3, -0.25) is 9.59 Å². The fourth-order valence-electron chi connectivity index (χ4n) is 1.94. The first-order chi connectivity index (χ1) is 10.7. The number of unbranched alkanes of at least 4 members (excludes halogenated alkanes) is 3. The van der Waals surface area contributed by atoms with Crippen LogP contribution in [0.25, 0.3) is 0 Å². The van der Waals surface area contributed by atoms with Crippen molar-refractivity contribution >= 4 is 11.8 Å². The predicted octanol–water partition coefficient (Wildman–Crippen LogP) is 2.51. The van der Waals surface area contributed by atoms with Gasteiger partial charge in [-0.2, -0.15) is 0 Å². The van der Waals surface area contributed by atoms with Crippen LogP contribution in [-0.2, 0) is 4.79 Å². The van der Waals surface area contributed by atoms with E-state index in [0.717, 1.165) is 12.2 Å². The summed E-state index contributed by atoms with van der Waals surface area (Å²) in [6.07, 6.45) is 4.66. The normalized spacial score (nSPS) is 10.1. The van der Waals surface area contributed by atoms with E-state index in [1.54, 1.807) is 24.3 Å². The topological polar surface area (TPSA) is 67.4 Å². The van der Waals surface area contributed by atoms with Gasteiger partial charge in [0.25, 0.3) is 5.91 Å². The van der Waals surface area contributed by atoms with Crippen LogP contribution in [0.1, 0.15) is 49.9 Å². The monoisotopic (exact) mass is 306 g/mol. The van der Waals surface area contributed by atoms with Crippen molar-refractivity contribution in [2.75, 3.05) is 19.7 Å². The highest BCUT2D eigenvalue weighted by Gasteiger charge is 2.07. The average Bonchev–Trinajstić information content (AvgIpc) is 2.53. The highest BCUT2D eigenvalue weighted by atomic mass is 16.5. The number of hydrogen-bond donors (Lipinski definition) is 2. The number of amides is 2. The number of carbonyl (C=O) groups excluding carboxylic acids is 2. The fraction of sp³-hybridized carbons (Fsp3) is 0.529. The van der Waals surface area contributed by atoms with Crippen LogP contribution in [-0.4, -0.2) is 31.5 Å². The smallest absolute Gasteiger partial charge is 0.251 e. The Labute approximate surface area is 132 Å². The summed E-state index contributed by atoms with van der Waals surface area (Å²) in [5.74, 6) is 0.306. The Kier molecular flexibility index (Phi) is 8.72. The maximum Gasteiger partial charge on any atom is 0.251 e. The average molecular weight is 306 g/mol. The minimum Gasteiger partial charge on any atom is -0.494 e. The molecule has 0 atom stereocenters. The van der Waals surface area contributed by atoms with Gasteiger partial charge in [-0.05, 0) is 37.6 Å². The zero-order chi connectivity index (χ0) is 16.2. The zero-order valence-electron chi connectivity index (χ0n) is 13.5. The summed E-state index contributed by atoms with van der Waals surface area (Å²) in [4.78, 5) is 23.1. The van der Waals surface area contributed by atoms with Gasteiger partial charge >= 0.3 is 0 Å². The molecule has 0 unspecified atom stereocenters. The van der Waals surface area contributed by atoms with E-state index in [-0.39, 0.29) is 18.4 Å². The molecule has 0 aliphatic heterocycles. The van der Waals surface area contributed by atoms with Crippen molar-refractivity contribution in [1.82, 2.24) is 10.6 Å². The van der Waals surface area contributed by atoms with Gasteiger partial charge in [0.1, 0.15) is 5.75 Å². The molecule has 0 spiro atoms. The van der Waals surface area contributed by atoms with Gasteiger partial charge in [0.2, 0.25) is 5.91 Å². The maximum absolute atomic E-state index is 11.9. The number of likely N-dealkylation sites (N-methyl/N-ethyl adjacent to an activating group) is 1. The first-order valence-corrected chi connectivity index (χ1v) is 7.95. The van der Waals surface area contributed by atoms with Crippen molar-refractivity contribution in [2.45, 2.75) is 39.5 Å². The van der Waals surface area contributed by atoms with Crippen molar-refractivity contribution < 1.29 is 14.3 Å². The molecule has 0 saturated carbocycles. The van der Waals surface area contributed by atoms with Crippen LogP contribution in [0.15, 0.2) is 24.3 Å². The number of nitrogens with one attached hydrogen (secondary N) is 2. The van der Waals surface area contributed by atoms with E-state index in [2.05, 4.69) is 17.6 Å². The highest BCUT2D eigenvalue weighted by molar-refractivity contribution is 5.96. The molecular formula is C17H26N2O3. The third kappa shape index (κ3) is 7.11. The summed E-state index contributed by atoms with van der Waals surface area (Å²) in [6, 6.07) is 6.96. The molecule has 0 bridgehead atoms. The van der Waals surface area contributed by atoms with Crippen molar-refractivity contribution in [2.24, 2.45) is 0 Å². The second-order valence-corrected chi connectivity index (χ2v) is 5.07. The molecule has 1 rings (SSSR count). The highest BCUT2D eigenvalue weighted by Crippen LogP contribution is 2.13. The Bertz CT molecular complexity index is 457. The molecule has 1 aromatic carbocycles. The molecule has 0 saturated heterocycles. The summed E-state index contributed by atoms with van der Waals surface area (Å²) >= 11 is 0. The summed E-state index contributed by atoms with van der Waals surface area (Å²) in [5.41, 5.74) is 0.516. The van der Waals surface area contributed by atoms with Crippen LogP contribution < -0.4 is 15.4 Å². The second kappa shape index (κ2) is 10.7. The van der Waals surface area contributed by atoms with Crippen molar-refractivity contribution in [3.05, 3.63) is 29.8 Å². The Morgan fingerprint density at radius 2 is 1.73 bits per heavy atom. The van der Waals surface area contributed by atoms with Crippen LogP contribution >= 0.6 is 0 Å². The van der Waals surface area contributed by atoms with Gasteiger partial charge in [-0.25, -0.2) is 0 Å². The number of benzene rings is 1. The number of ether oxygens (including phenoxy) is 1. The van der Waals surface area contributed by atoms with Crippen LogP contribution in [0.5, 0.6) is 5.75 Å². The van der Waals surface area contributed by atoms with E-state index in [9.17, 15) is 9.59 Å². The summed E-state index contributed by atoms with van der Waals surface area (Å²) in [6.45, 7) is 5.25. The van der Waals surface area contributed by atoms with Gasteiger partial charge in [0.05, 0.1) is 13.2 Å². The van der Waals surface area contributed by atoms with E-state index >= 15 is 0 Å². The van der Waals surface area contributed by atoms with E-state index < -0.39 is 0 Å². The van der Waals surface area contributed by atoms with E-state index in [1.807, 2.05) is 6.92 Å². The largest absolute Gasteiger partial charge is 0.494 e. The number of carbonyl (C=O) groups is 2. The van der Waals surface area contributed by atoms with Crippen LogP contribution in [0.3, 0.4) is 0 Å². The summed E-state index contributed by atoms with van der Waals surface area (Å²) in [5, 5.41) is 5.20. The SMILES string of the molecule is CCCCCCOc1ccc(C(=O)NCC(=O)NCC)cc1. The molecule has 0 aliphatic carbocycles. The first kappa shape index (κ1) is 18.0. The van der Waals surface area contributed by atoms with Crippen molar-refractivity contribution in [1.29, 1.82) is 0 Å². The van der Waals surface area contributed by atoms with Gasteiger partial charge in [-0.15, -0.1) is 0 Å². The van der Waals surface area contributed by atoms with E-state index in [4.69, 9.17) is 4.74 Å². The van der Waals surface area contributed by atoms with E-state index in [0.29, 0.717) is 18.7 Å². The zero-order valence-corrected chi connectivity index (χ0v) is 13.5. The lowest BCUT2D eigenvalue weighted by Crippen LogP contribution is -2.36. The van der Waals surface area contributed by atoms with Crippen molar-refractivity contribution in [3.63, 3.8) is 0 Å². The Balaban J connectivity index is 2.34. The van der Waals surface area contributed by atoms with Crippen molar-refractivity contribution in [3.8, 4) is 5.75 Å². The molecule has 5 nitrogen and oxygen atoms in total.